The molecule has 1 aromatic heterocycles. The average molecular weight is 321 g/mol. The number of amides is 1. The Morgan fingerprint density at radius 1 is 1.22 bits per heavy atom. The summed E-state index contributed by atoms with van der Waals surface area (Å²) in [5.41, 5.74) is 0.401. The highest BCUT2D eigenvalue weighted by atomic mass is 19.4. The van der Waals surface area contributed by atoms with E-state index in [-0.39, 0.29) is 5.69 Å². The lowest BCUT2D eigenvalue weighted by Gasteiger charge is -2.10. The molecule has 1 aliphatic carbocycles. The van der Waals surface area contributed by atoms with Gasteiger partial charge in [0.05, 0.1) is 16.8 Å². The van der Waals surface area contributed by atoms with Crippen molar-refractivity contribution >= 4 is 11.6 Å². The number of hydrogen-bond acceptors (Lipinski definition) is 3. The molecule has 1 aliphatic rings. The van der Waals surface area contributed by atoms with Crippen LogP contribution in [0.3, 0.4) is 0 Å². The van der Waals surface area contributed by atoms with Gasteiger partial charge in [0.2, 0.25) is 0 Å². The molecule has 1 fully saturated rings. The van der Waals surface area contributed by atoms with Gasteiger partial charge in [-0.25, -0.2) is 9.97 Å². The molecule has 2 aromatic rings. The van der Waals surface area contributed by atoms with E-state index in [0.29, 0.717) is 17.2 Å². The number of aromatic nitrogens is 2. The normalized spacial score (nSPS) is 14.6. The van der Waals surface area contributed by atoms with Crippen molar-refractivity contribution in [3.8, 4) is 0 Å². The van der Waals surface area contributed by atoms with Gasteiger partial charge >= 0.3 is 6.18 Å². The van der Waals surface area contributed by atoms with E-state index in [2.05, 4.69) is 15.3 Å². The molecule has 1 saturated carbocycles. The molecule has 120 valence electrons. The minimum atomic E-state index is -4.40. The number of carbonyl (C=O) groups excluding carboxylic acids is 1. The Bertz CT molecular complexity index is 737. The summed E-state index contributed by atoms with van der Waals surface area (Å²) in [4.78, 5) is 20.7. The largest absolute Gasteiger partial charge is 0.416 e. The molecule has 0 unspecified atom stereocenters. The van der Waals surface area contributed by atoms with Gasteiger partial charge in [-0.05, 0) is 44.0 Å². The quantitative estimate of drug-likeness (QED) is 0.932. The van der Waals surface area contributed by atoms with Crippen LogP contribution in [0.25, 0.3) is 0 Å². The van der Waals surface area contributed by atoms with Gasteiger partial charge in [-0.15, -0.1) is 0 Å². The van der Waals surface area contributed by atoms with E-state index >= 15 is 0 Å². The molecule has 0 bridgehead atoms. The van der Waals surface area contributed by atoms with Crippen molar-refractivity contribution in [3.63, 3.8) is 0 Å². The molecular weight excluding hydrogens is 307 g/mol. The molecule has 4 nitrogen and oxygen atoms in total. The van der Waals surface area contributed by atoms with Gasteiger partial charge in [-0.1, -0.05) is 0 Å². The van der Waals surface area contributed by atoms with E-state index in [1.807, 2.05) is 0 Å². The molecule has 0 saturated heterocycles. The zero-order chi connectivity index (χ0) is 16.6. The molecule has 0 radical (unpaired) electrons. The number of aryl methyl sites for hydroxylation is 1. The first-order valence-corrected chi connectivity index (χ1v) is 7.17. The lowest BCUT2D eigenvalue weighted by atomic mass is 10.2. The summed E-state index contributed by atoms with van der Waals surface area (Å²) in [5.74, 6) is 0.693. The van der Waals surface area contributed by atoms with Gasteiger partial charge in [-0.2, -0.15) is 13.2 Å². The fraction of sp³-hybridized carbons (Fsp3) is 0.312. The second-order valence-electron chi connectivity index (χ2n) is 5.53. The molecule has 1 aromatic carbocycles. The number of nitrogens with zero attached hydrogens (tertiary/aromatic N) is 2. The lowest BCUT2D eigenvalue weighted by Crippen LogP contribution is -2.15. The Kier molecular flexibility index (Phi) is 3.79. The number of hydrogen-bond donors (Lipinski definition) is 1. The third-order valence-corrected chi connectivity index (χ3v) is 3.66. The van der Waals surface area contributed by atoms with Crippen LogP contribution in [0.4, 0.5) is 18.9 Å². The Morgan fingerprint density at radius 3 is 2.39 bits per heavy atom. The van der Waals surface area contributed by atoms with Crippen molar-refractivity contribution < 1.29 is 18.0 Å². The van der Waals surface area contributed by atoms with Crippen LogP contribution in [0, 0.1) is 6.92 Å². The molecule has 23 heavy (non-hydrogen) atoms. The van der Waals surface area contributed by atoms with E-state index in [1.54, 1.807) is 6.92 Å². The zero-order valence-corrected chi connectivity index (χ0v) is 12.3. The summed E-state index contributed by atoms with van der Waals surface area (Å²) < 4.78 is 37.5. The lowest BCUT2D eigenvalue weighted by molar-refractivity contribution is -0.137. The van der Waals surface area contributed by atoms with Gasteiger partial charge < -0.3 is 5.32 Å². The maximum Gasteiger partial charge on any atom is 0.416 e. The van der Waals surface area contributed by atoms with Crippen LogP contribution in [-0.2, 0) is 6.18 Å². The molecule has 1 amide bonds. The Labute approximate surface area is 130 Å². The van der Waals surface area contributed by atoms with Crippen LogP contribution in [-0.4, -0.2) is 15.9 Å². The van der Waals surface area contributed by atoms with Gasteiger partial charge in [0, 0.05) is 17.8 Å². The fourth-order valence-corrected chi connectivity index (χ4v) is 2.19. The van der Waals surface area contributed by atoms with Crippen LogP contribution in [0.15, 0.2) is 30.5 Å². The number of halogens is 3. The van der Waals surface area contributed by atoms with Crippen molar-refractivity contribution in [2.24, 2.45) is 0 Å². The molecule has 1 N–H and O–H groups in total. The summed E-state index contributed by atoms with van der Waals surface area (Å²) in [5, 5.41) is 2.56. The van der Waals surface area contributed by atoms with E-state index in [0.717, 1.165) is 30.8 Å². The van der Waals surface area contributed by atoms with Crippen LogP contribution in [0.5, 0.6) is 0 Å². The topological polar surface area (TPSA) is 54.9 Å². The van der Waals surface area contributed by atoms with Crippen molar-refractivity contribution in [2.75, 3.05) is 5.32 Å². The molecule has 0 spiro atoms. The number of nitrogens with one attached hydrogen (secondary N) is 1. The molecule has 7 heteroatoms. The Balaban J connectivity index is 1.73. The fourth-order valence-electron chi connectivity index (χ4n) is 2.19. The van der Waals surface area contributed by atoms with Crippen molar-refractivity contribution in [2.45, 2.75) is 31.9 Å². The van der Waals surface area contributed by atoms with E-state index < -0.39 is 17.6 Å². The summed E-state index contributed by atoms with van der Waals surface area (Å²) in [6, 6.07) is 4.29. The standard InChI is InChI=1S/C16H14F3N3O/c1-9-13(8-20-14(21-9)10-2-3-10)15(23)22-12-6-4-11(5-7-12)16(17,18)19/h4-8,10H,2-3H2,1H3,(H,22,23). The number of rotatable bonds is 3. The minimum absolute atomic E-state index is 0.286. The third kappa shape index (κ3) is 3.49. The first-order valence-electron chi connectivity index (χ1n) is 7.17. The number of anilines is 1. The monoisotopic (exact) mass is 321 g/mol. The van der Waals surface area contributed by atoms with Crippen LogP contribution < -0.4 is 5.32 Å². The van der Waals surface area contributed by atoms with Gasteiger partial charge in [0.1, 0.15) is 5.82 Å². The molecule has 1 heterocycles. The summed E-state index contributed by atoms with van der Waals surface area (Å²) >= 11 is 0. The predicted octanol–water partition coefficient (Wildman–Crippen LogP) is 3.93. The van der Waals surface area contributed by atoms with Crippen molar-refractivity contribution in [3.05, 3.63) is 53.1 Å². The summed E-state index contributed by atoms with van der Waals surface area (Å²) in [6.07, 6.45) is -0.798. The van der Waals surface area contributed by atoms with Gasteiger partial charge in [0.15, 0.2) is 0 Å². The summed E-state index contributed by atoms with van der Waals surface area (Å²) in [7, 11) is 0. The van der Waals surface area contributed by atoms with E-state index in [9.17, 15) is 18.0 Å². The van der Waals surface area contributed by atoms with E-state index in [4.69, 9.17) is 0 Å². The maximum absolute atomic E-state index is 12.5. The molecular formula is C16H14F3N3O. The second kappa shape index (κ2) is 5.64. The van der Waals surface area contributed by atoms with E-state index in [1.165, 1.54) is 18.3 Å². The number of alkyl halides is 3. The maximum atomic E-state index is 12.5. The van der Waals surface area contributed by atoms with Gasteiger partial charge in [0.25, 0.3) is 5.91 Å². The predicted molar refractivity (Wildman–Crippen MR) is 78.1 cm³/mol. The number of carbonyl (C=O) groups is 1. The Hall–Kier alpha value is -2.44. The average Bonchev–Trinajstić information content (AvgIpc) is 3.31. The number of benzene rings is 1. The SMILES string of the molecule is Cc1nc(C2CC2)ncc1C(=O)Nc1ccc(C(F)(F)F)cc1. The minimum Gasteiger partial charge on any atom is -0.322 e. The van der Waals surface area contributed by atoms with Crippen LogP contribution in [0.2, 0.25) is 0 Å². The smallest absolute Gasteiger partial charge is 0.322 e. The molecule has 0 atom stereocenters. The first kappa shape index (κ1) is 15.5. The zero-order valence-electron chi connectivity index (χ0n) is 12.3. The highest BCUT2D eigenvalue weighted by Crippen LogP contribution is 2.38. The Morgan fingerprint density at radius 2 is 1.87 bits per heavy atom. The molecule has 3 rings (SSSR count). The van der Waals surface area contributed by atoms with Crippen molar-refractivity contribution in [1.82, 2.24) is 9.97 Å². The van der Waals surface area contributed by atoms with Crippen LogP contribution in [0.1, 0.15) is 46.2 Å². The first-order chi connectivity index (χ1) is 10.8. The highest BCUT2D eigenvalue weighted by Gasteiger charge is 2.30. The highest BCUT2D eigenvalue weighted by molar-refractivity contribution is 6.04. The third-order valence-electron chi connectivity index (χ3n) is 3.66. The van der Waals surface area contributed by atoms with Crippen LogP contribution >= 0.6 is 0 Å². The van der Waals surface area contributed by atoms with Gasteiger partial charge in [-0.3, -0.25) is 4.79 Å². The summed E-state index contributed by atoms with van der Waals surface area (Å²) in [6.45, 7) is 1.72. The van der Waals surface area contributed by atoms with Crippen molar-refractivity contribution in [1.29, 1.82) is 0 Å². The molecule has 0 aliphatic heterocycles. The second-order valence-corrected chi connectivity index (χ2v) is 5.53.